The fourth-order valence-corrected chi connectivity index (χ4v) is 2.06. The van der Waals surface area contributed by atoms with Crippen molar-refractivity contribution in [2.24, 2.45) is 0 Å². The van der Waals surface area contributed by atoms with Crippen molar-refractivity contribution in [2.45, 2.75) is 52.1 Å². The summed E-state index contributed by atoms with van der Waals surface area (Å²) in [5, 5.41) is 0. The van der Waals surface area contributed by atoms with Gasteiger partial charge in [-0.15, -0.1) is 11.3 Å². The number of thiophene rings is 1. The van der Waals surface area contributed by atoms with Gasteiger partial charge in [0.25, 0.3) is 0 Å². The minimum atomic E-state index is -2.92. The van der Waals surface area contributed by atoms with Crippen molar-refractivity contribution in [1.82, 2.24) is 0 Å². The number of hydrogen-bond donors (Lipinski definition) is 0. The van der Waals surface area contributed by atoms with Gasteiger partial charge in [0.1, 0.15) is 0 Å². The van der Waals surface area contributed by atoms with Gasteiger partial charge in [-0.3, -0.25) is 0 Å². The SMILES string of the molecule is [2H]c1c(B2OC(C)(C)C(C)(C)O2)sc(C([2H])([2H])C([2H])([2H])[2H])c1[2H]. The molecule has 2 rings (SSSR count). The maximum atomic E-state index is 8.04. The van der Waals surface area contributed by atoms with E-state index in [1.165, 1.54) is 0 Å². The Balaban J connectivity index is 2.47. The summed E-state index contributed by atoms with van der Waals surface area (Å²) in [6.45, 7) is 4.44. The highest BCUT2D eigenvalue weighted by atomic mass is 32.1. The molecule has 16 heavy (non-hydrogen) atoms. The molecule has 0 aromatic carbocycles. The molecule has 0 N–H and O–H groups in total. The van der Waals surface area contributed by atoms with E-state index in [4.69, 9.17) is 18.9 Å². The van der Waals surface area contributed by atoms with Crippen LogP contribution in [-0.2, 0) is 15.7 Å². The summed E-state index contributed by atoms with van der Waals surface area (Å²) in [5.41, 5.74) is -1.28. The third-order valence-electron chi connectivity index (χ3n) is 3.09. The molecule has 1 saturated heterocycles. The number of aryl methyl sites for hydroxylation is 1. The minimum absolute atomic E-state index is 0.219. The molecular weight excluding hydrogens is 219 g/mol. The smallest absolute Gasteiger partial charge is 0.399 e. The molecule has 0 aliphatic carbocycles. The van der Waals surface area contributed by atoms with E-state index in [1.807, 2.05) is 27.7 Å². The first-order valence-electron chi connectivity index (χ1n) is 8.58. The molecule has 0 amide bonds. The maximum absolute atomic E-state index is 8.04. The van der Waals surface area contributed by atoms with Crippen molar-refractivity contribution in [1.29, 1.82) is 0 Å². The van der Waals surface area contributed by atoms with Crippen molar-refractivity contribution < 1.29 is 18.9 Å². The van der Waals surface area contributed by atoms with Gasteiger partial charge < -0.3 is 9.31 Å². The fraction of sp³-hybridized carbons (Fsp3) is 0.667. The lowest BCUT2D eigenvalue weighted by Crippen LogP contribution is -2.41. The molecule has 0 spiro atoms. The summed E-state index contributed by atoms with van der Waals surface area (Å²) in [6, 6.07) is -0.683. The third kappa shape index (κ3) is 1.94. The van der Waals surface area contributed by atoms with Crippen LogP contribution in [0.3, 0.4) is 0 Å². The summed E-state index contributed by atoms with van der Waals surface area (Å²) in [6.07, 6.45) is -2.70. The van der Waals surface area contributed by atoms with E-state index < -0.39 is 37.6 Å². The Hall–Kier alpha value is -0.315. The molecule has 2 heterocycles. The van der Waals surface area contributed by atoms with Gasteiger partial charge in [-0.25, -0.2) is 0 Å². The van der Waals surface area contributed by atoms with Gasteiger partial charge >= 0.3 is 7.12 Å². The fourth-order valence-electron chi connectivity index (χ4n) is 1.39. The van der Waals surface area contributed by atoms with Crippen LogP contribution in [0.25, 0.3) is 0 Å². The van der Waals surface area contributed by atoms with Crippen LogP contribution in [0.2, 0.25) is 0 Å². The monoisotopic (exact) mass is 245 g/mol. The van der Waals surface area contributed by atoms with Crippen LogP contribution in [0.5, 0.6) is 0 Å². The molecule has 0 unspecified atom stereocenters. The van der Waals surface area contributed by atoms with E-state index in [9.17, 15) is 0 Å². The van der Waals surface area contributed by atoms with Gasteiger partial charge in [-0.2, -0.15) is 0 Å². The van der Waals surface area contributed by atoms with Crippen molar-refractivity contribution in [3.63, 3.8) is 0 Å². The molecule has 88 valence electrons. The van der Waals surface area contributed by atoms with Gasteiger partial charge in [0, 0.05) is 16.5 Å². The Kier molecular flexibility index (Phi) is 1.46. The molecule has 1 aliphatic heterocycles. The normalized spacial score (nSPS) is 30.8. The lowest BCUT2D eigenvalue weighted by Gasteiger charge is -2.32. The molecule has 0 bridgehead atoms. The Morgan fingerprint density at radius 3 is 2.56 bits per heavy atom. The molecule has 4 heteroatoms. The van der Waals surface area contributed by atoms with Crippen LogP contribution in [0, 0.1) is 0 Å². The van der Waals surface area contributed by atoms with Crippen LogP contribution < -0.4 is 4.78 Å². The largest absolute Gasteiger partial charge is 0.505 e. The quantitative estimate of drug-likeness (QED) is 0.746. The highest BCUT2D eigenvalue weighted by Crippen LogP contribution is 2.36. The first kappa shape index (κ1) is 6.03. The van der Waals surface area contributed by atoms with Crippen LogP contribution in [0.15, 0.2) is 12.1 Å². The van der Waals surface area contributed by atoms with Crippen LogP contribution in [0.4, 0.5) is 0 Å². The zero-order valence-corrected chi connectivity index (χ0v) is 10.6. The second-order valence-electron chi connectivity index (χ2n) is 4.76. The maximum Gasteiger partial charge on any atom is 0.505 e. The lowest BCUT2D eigenvalue weighted by atomic mass is 9.88. The highest BCUT2D eigenvalue weighted by Gasteiger charge is 2.52. The lowest BCUT2D eigenvalue weighted by molar-refractivity contribution is 0.00578. The van der Waals surface area contributed by atoms with E-state index in [2.05, 4.69) is 0 Å². The van der Waals surface area contributed by atoms with Gasteiger partial charge in [0.15, 0.2) is 0 Å². The first-order valence-corrected chi connectivity index (χ1v) is 5.89. The Bertz CT molecular complexity index is 608. The van der Waals surface area contributed by atoms with Crippen molar-refractivity contribution in [3.8, 4) is 0 Å². The molecule has 1 aromatic heterocycles. The van der Waals surface area contributed by atoms with Crippen molar-refractivity contribution >= 4 is 23.2 Å². The molecule has 1 fully saturated rings. The van der Waals surface area contributed by atoms with Crippen LogP contribution in [0.1, 0.15) is 49.0 Å². The predicted molar refractivity (Wildman–Crippen MR) is 69.4 cm³/mol. The summed E-state index contributed by atoms with van der Waals surface area (Å²) in [4.78, 5) is -0.299. The minimum Gasteiger partial charge on any atom is -0.399 e. The molecule has 0 radical (unpaired) electrons. The van der Waals surface area contributed by atoms with Gasteiger partial charge in [0.05, 0.1) is 13.9 Å². The standard InChI is InChI=1S/C12H19BO2S/c1-6-9-7-8-10(16-9)13-14-11(2,3)12(4,5)15-13/h7-8H,6H2,1-5H3/i1D3,6D2,7D,8D. The van der Waals surface area contributed by atoms with Crippen molar-refractivity contribution in [2.75, 3.05) is 0 Å². The molecular formula is C12H19BO2S. The zero-order chi connectivity index (χ0) is 18.0. The molecule has 1 aliphatic rings. The summed E-state index contributed by atoms with van der Waals surface area (Å²) in [5.74, 6) is 0. The Morgan fingerprint density at radius 2 is 2.00 bits per heavy atom. The topological polar surface area (TPSA) is 18.5 Å². The van der Waals surface area contributed by atoms with Crippen LogP contribution >= 0.6 is 11.3 Å². The van der Waals surface area contributed by atoms with E-state index in [1.54, 1.807) is 0 Å². The zero-order valence-electron chi connectivity index (χ0n) is 16.8. The molecule has 2 nitrogen and oxygen atoms in total. The number of rotatable bonds is 2. The molecule has 0 atom stereocenters. The van der Waals surface area contributed by atoms with E-state index in [0.717, 1.165) is 11.3 Å². The first-order chi connectivity index (χ1) is 10.1. The summed E-state index contributed by atoms with van der Waals surface area (Å²) >= 11 is 0.759. The Morgan fingerprint density at radius 1 is 1.38 bits per heavy atom. The third-order valence-corrected chi connectivity index (χ3v) is 4.01. The van der Waals surface area contributed by atoms with E-state index >= 15 is 0 Å². The molecule has 0 saturated carbocycles. The average Bonchev–Trinajstić information content (AvgIpc) is 2.74. The van der Waals surface area contributed by atoms with E-state index in [-0.39, 0.29) is 15.7 Å². The Labute approximate surface area is 112 Å². The van der Waals surface area contributed by atoms with E-state index in [0.29, 0.717) is 0 Å². The molecule has 1 aromatic rings. The van der Waals surface area contributed by atoms with Crippen molar-refractivity contribution in [3.05, 3.63) is 17.0 Å². The number of hydrogen-bond acceptors (Lipinski definition) is 3. The van der Waals surface area contributed by atoms with Gasteiger partial charge in [-0.05, 0) is 40.1 Å². The summed E-state index contributed by atoms with van der Waals surface area (Å²) < 4.78 is 65.5. The summed E-state index contributed by atoms with van der Waals surface area (Å²) in [7, 11) is -0.914. The van der Waals surface area contributed by atoms with Gasteiger partial charge in [0.2, 0.25) is 0 Å². The second kappa shape index (κ2) is 3.86. The second-order valence-corrected chi connectivity index (χ2v) is 5.81. The average molecular weight is 245 g/mol. The predicted octanol–water partition coefficient (Wildman–Crippen LogP) is 2.61. The van der Waals surface area contributed by atoms with Crippen LogP contribution in [-0.4, -0.2) is 18.3 Å². The van der Waals surface area contributed by atoms with Gasteiger partial charge in [-0.1, -0.05) is 12.9 Å². The highest BCUT2D eigenvalue weighted by molar-refractivity contribution is 7.22.